The molecule has 1 atom stereocenters. The number of carbonyl (C=O) groups is 2. The third-order valence-electron chi connectivity index (χ3n) is 3.47. The summed E-state index contributed by atoms with van der Waals surface area (Å²) in [4.78, 5) is 25.0. The largest absolute Gasteiger partial charge is 0.466 e. The van der Waals surface area contributed by atoms with Gasteiger partial charge in [-0.1, -0.05) is 6.92 Å². The highest BCUT2D eigenvalue weighted by molar-refractivity contribution is 5.70. The average Bonchev–Trinajstić information content (AvgIpc) is 2.50. The van der Waals surface area contributed by atoms with Gasteiger partial charge >= 0.3 is 11.9 Å². The maximum atomic E-state index is 11.7. The number of carbonyl (C=O) groups excluding carboxylic acids is 2. The first kappa shape index (κ1) is 21.9. The van der Waals surface area contributed by atoms with Gasteiger partial charge in [0.2, 0.25) is 0 Å². The third kappa shape index (κ3) is 14.2. The zero-order valence-corrected chi connectivity index (χ0v) is 14.9. The van der Waals surface area contributed by atoms with Crippen molar-refractivity contribution in [2.45, 2.75) is 64.9 Å². The number of hydrogen-bond acceptors (Lipinski definition) is 6. The SMILES string of the molecule is CCCC(=O)OCCC(C)OC(=O)CCN(C)CCCCCO. The molecule has 0 spiro atoms. The molecule has 23 heavy (non-hydrogen) atoms. The van der Waals surface area contributed by atoms with Crippen molar-refractivity contribution in [1.29, 1.82) is 0 Å². The first-order valence-electron chi connectivity index (χ1n) is 8.64. The summed E-state index contributed by atoms with van der Waals surface area (Å²) in [6.45, 7) is 5.84. The number of esters is 2. The van der Waals surface area contributed by atoms with E-state index in [-0.39, 0.29) is 31.3 Å². The lowest BCUT2D eigenvalue weighted by molar-refractivity contribution is -0.150. The molecular weight excluding hydrogens is 298 g/mol. The number of unbranched alkanes of at least 4 members (excludes halogenated alkanes) is 2. The van der Waals surface area contributed by atoms with Gasteiger partial charge in [0.25, 0.3) is 0 Å². The van der Waals surface area contributed by atoms with Crippen LogP contribution in [0.3, 0.4) is 0 Å². The molecule has 0 bridgehead atoms. The number of aliphatic hydroxyl groups excluding tert-OH is 1. The van der Waals surface area contributed by atoms with Gasteiger partial charge < -0.3 is 19.5 Å². The van der Waals surface area contributed by atoms with E-state index in [4.69, 9.17) is 14.6 Å². The lowest BCUT2D eigenvalue weighted by Gasteiger charge is -2.17. The van der Waals surface area contributed by atoms with Crippen molar-refractivity contribution < 1.29 is 24.2 Å². The monoisotopic (exact) mass is 331 g/mol. The van der Waals surface area contributed by atoms with Crippen molar-refractivity contribution in [3.05, 3.63) is 0 Å². The molecule has 6 heteroatoms. The quantitative estimate of drug-likeness (QED) is 0.388. The molecule has 0 rings (SSSR count). The molecule has 0 aliphatic rings. The highest BCUT2D eigenvalue weighted by atomic mass is 16.6. The molecule has 0 aliphatic carbocycles. The lowest BCUT2D eigenvalue weighted by atomic mass is 10.2. The minimum Gasteiger partial charge on any atom is -0.466 e. The van der Waals surface area contributed by atoms with Crippen LogP contribution < -0.4 is 0 Å². The van der Waals surface area contributed by atoms with E-state index >= 15 is 0 Å². The fourth-order valence-electron chi connectivity index (χ4n) is 2.02. The summed E-state index contributed by atoms with van der Waals surface area (Å²) in [6, 6.07) is 0. The second-order valence-corrected chi connectivity index (χ2v) is 5.90. The second-order valence-electron chi connectivity index (χ2n) is 5.90. The topological polar surface area (TPSA) is 76.1 Å². The Bertz CT molecular complexity index is 322. The summed E-state index contributed by atoms with van der Waals surface area (Å²) in [7, 11) is 1.98. The van der Waals surface area contributed by atoms with Crippen LogP contribution in [0, 0.1) is 0 Å². The molecule has 0 aromatic carbocycles. The van der Waals surface area contributed by atoms with E-state index in [0.29, 0.717) is 25.8 Å². The highest BCUT2D eigenvalue weighted by Crippen LogP contribution is 2.03. The Morgan fingerprint density at radius 3 is 2.48 bits per heavy atom. The molecule has 0 radical (unpaired) electrons. The standard InChI is InChI=1S/C17H33NO5/c1-4-8-16(20)22-14-10-15(2)23-17(21)9-12-18(3)11-6-5-7-13-19/h15,19H,4-14H2,1-3H3. The van der Waals surface area contributed by atoms with Gasteiger partial charge in [-0.3, -0.25) is 9.59 Å². The number of aliphatic hydroxyl groups is 1. The van der Waals surface area contributed by atoms with Crippen LogP contribution in [0.15, 0.2) is 0 Å². The van der Waals surface area contributed by atoms with Crippen LogP contribution >= 0.6 is 0 Å². The number of rotatable bonds is 14. The first-order valence-corrected chi connectivity index (χ1v) is 8.64. The van der Waals surface area contributed by atoms with Crippen molar-refractivity contribution in [2.24, 2.45) is 0 Å². The van der Waals surface area contributed by atoms with Gasteiger partial charge in [-0.2, -0.15) is 0 Å². The van der Waals surface area contributed by atoms with Crippen molar-refractivity contribution in [1.82, 2.24) is 4.90 Å². The minimum absolute atomic E-state index is 0.200. The van der Waals surface area contributed by atoms with Gasteiger partial charge in [-0.25, -0.2) is 0 Å². The van der Waals surface area contributed by atoms with Gasteiger partial charge in [-0.15, -0.1) is 0 Å². The Balaban J connectivity index is 3.65. The predicted octanol–water partition coefficient (Wildman–Crippen LogP) is 2.14. The number of ether oxygens (including phenoxy) is 2. The van der Waals surface area contributed by atoms with Crippen LogP contribution in [0.4, 0.5) is 0 Å². The summed E-state index contributed by atoms with van der Waals surface area (Å²) in [5.41, 5.74) is 0. The summed E-state index contributed by atoms with van der Waals surface area (Å²) >= 11 is 0. The van der Waals surface area contributed by atoms with E-state index in [2.05, 4.69) is 4.90 Å². The Morgan fingerprint density at radius 1 is 1.09 bits per heavy atom. The van der Waals surface area contributed by atoms with E-state index in [1.807, 2.05) is 20.9 Å². The molecule has 0 amide bonds. The second kappa shape index (κ2) is 14.5. The van der Waals surface area contributed by atoms with Crippen LogP contribution in [0.25, 0.3) is 0 Å². The molecule has 6 nitrogen and oxygen atoms in total. The molecule has 0 saturated heterocycles. The first-order chi connectivity index (χ1) is 11.0. The average molecular weight is 331 g/mol. The highest BCUT2D eigenvalue weighted by Gasteiger charge is 2.11. The molecule has 1 N–H and O–H groups in total. The molecule has 0 aromatic rings. The van der Waals surface area contributed by atoms with Crippen LogP contribution in [0.5, 0.6) is 0 Å². The molecule has 0 aromatic heterocycles. The zero-order chi connectivity index (χ0) is 17.5. The lowest BCUT2D eigenvalue weighted by Crippen LogP contribution is -2.25. The molecular formula is C17H33NO5. The predicted molar refractivity (Wildman–Crippen MR) is 89.1 cm³/mol. The maximum absolute atomic E-state index is 11.7. The van der Waals surface area contributed by atoms with E-state index in [1.165, 1.54) is 0 Å². The van der Waals surface area contributed by atoms with Crippen LogP contribution in [-0.2, 0) is 19.1 Å². The normalized spacial score (nSPS) is 12.2. The smallest absolute Gasteiger partial charge is 0.307 e. The molecule has 0 fully saturated rings. The van der Waals surface area contributed by atoms with E-state index in [0.717, 1.165) is 32.2 Å². The zero-order valence-electron chi connectivity index (χ0n) is 14.9. The molecule has 136 valence electrons. The van der Waals surface area contributed by atoms with Gasteiger partial charge in [0.15, 0.2) is 0 Å². The minimum atomic E-state index is -0.244. The molecule has 1 unspecified atom stereocenters. The molecule has 0 heterocycles. The molecule has 0 aliphatic heterocycles. The maximum Gasteiger partial charge on any atom is 0.307 e. The van der Waals surface area contributed by atoms with Crippen LogP contribution in [-0.4, -0.2) is 61.4 Å². The van der Waals surface area contributed by atoms with Crippen LogP contribution in [0.1, 0.15) is 58.8 Å². The van der Waals surface area contributed by atoms with Gasteiger partial charge in [-0.05, 0) is 46.2 Å². The number of nitrogens with zero attached hydrogens (tertiary/aromatic N) is 1. The summed E-state index contributed by atoms with van der Waals surface area (Å²) in [5.74, 6) is -0.423. The van der Waals surface area contributed by atoms with Gasteiger partial charge in [0.05, 0.1) is 13.0 Å². The summed E-state index contributed by atoms with van der Waals surface area (Å²) < 4.78 is 10.3. The van der Waals surface area contributed by atoms with E-state index < -0.39 is 0 Å². The fraction of sp³-hybridized carbons (Fsp3) is 0.882. The third-order valence-corrected chi connectivity index (χ3v) is 3.47. The van der Waals surface area contributed by atoms with E-state index in [9.17, 15) is 9.59 Å². The summed E-state index contributed by atoms with van der Waals surface area (Å²) in [5, 5.41) is 8.71. The Hall–Kier alpha value is -1.14. The van der Waals surface area contributed by atoms with E-state index in [1.54, 1.807) is 0 Å². The summed E-state index contributed by atoms with van der Waals surface area (Å²) in [6.07, 6.45) is 4.69. The van der Waals surface area contributed by atoms with Gasteiger partial charge in [0.1, 0.15) is 6.10 Å². The van der Waals surface area contributed by atoms with Crippen molar-refractivity contribution in [3.63, 3.8) is 0 Å². The Labute approximate surface area is 140 Å². The van der Waals surface area contributed by atoms with Crippen molar-refractivity contribution in [2.75, 3.05) is 33.4 Å². The van der Waals surface area contributed by atoms with Crippen molar-refractivity contribution >= 4 is 11.9 Å². The number of hydrogen-bond donors (Lipinski definition) is 1. The van der Waals surface area contributed by atoms with Crippen LogP contribution in [0.2, 0.25) is 0 Å². The van der Waals surface area contributed by atoms with Gasteiger partial charge in [0, 0.05) is 26.0 Å². The Kier molecular flexibility index (Phi) is 13.7. The van der Waals surface area contributed by atoms with Crippen molar-refractivity contribution in [3.8, 4) is 0 Å². The fourth-order valence-corrected chi connectivity index (χ4v) is 2.02. The Morgan fingerprint density at radius 2 is 1.83 bits per heavy atom. The molecule has 0 saturated carbocycles.